The van der Waals surface area contributed by atoms with Crippen molar-refractivity contribution in [3.05, 3.63) is 57.2 Å². The number of carbonyl (C=O) groups excluding carboxylic acids is 2. The van der Waals surface area contributed by atoms with Gasteiger partial charge in [-0.15, -0.1) is 0 Å². The molecule has 37 heavy (non-hydrogen) atoms. The van der Waals surface area contributed by atoms with Crippen molar-refractivity contribution in [3.63, 3.8) is 0 Å². The van der Waals surface area contributed by atoms with Crippen LogP contribution in [0.5, 0.6) is 5.75 Å². The smallest absolute Gasteiger partial charge is 0.308 e. The highest BCUT2D eigenvalue weighted by Crippen LogP contribution is 2.46. The summed E-state index contributed by atoms with van der Waals surface area (Å²) in [6.07, 6.45) is 1.24. The van der Waals surface area contributed by atoms with Crippen molar-refractivity contribution in [2.45, 2.75) is 38.2 Å². The van der Waals surface area contributed by atoms with Crippen LogP contribution in [-0.2, 0) is 24.5 Å². The third-order valence-electron chi connectivity index (χ3n) is 7.27. The van der Waals surface area contributed by atoms with E-state index >= 15 is 0 Å². The number of hydrogen-bond donors (Lipinski definition) is 0. The second kappa shape index (κ2) is 9.50. The normalized spacial score (nSPS) is 20.0. The SMILES string of the molecule is COC(=O)C1CC(OCCOc2cc3c(cc2-c2cc(=O)c4cccc(Cl)c4o2)N(C)C(=O)C3(C)C)C1. The van der Waals surface area contributed by atoms with Crippen LogP contribution in [0.4, 0.5) is 5.69 Å². The van der Waals surface area contributed by atoms with E-state index in [2.05, 4.69) is 0 Å². The van der Waals surface area contributed by atoms with Crippen molar-refractivity contribution in [2.24, 2.45) is 5.92 Å². The van der Waals surface area contributed by atoms with Crippen LogP contribution in [0.25, 0.3) is 22.3 Å². The minimum atomic E-state index is -0.737. The minimum Gasteiger partial charge on any atom is -0.490 e. The molecule has 0 radical (unpaired) electrons. The molecule has 194 valence electrons. The zero-order valence-electron chi connectivity index (χ0n) is 21.1. The highest BCUT2D eigenvalue weighted by atomic mass is 35.5. The highest BCUT2D eigenvalue weighted by molar-refractivity contribution is 6.34. The van der Waals surface area contributed by atoms with Crippen molar-refractivity contribution < 1.29 is 28.2 Å². The van der Waals surface area contributed by atoms with Crippen LogP contribution in [0.3, 0.4) is 0 Å². The van der Waals surface area contributed by atoms with Gasteiger partial charge in [0, 0.05) is 18.8 Å². The number of esters is 1. The lowest BCUT2D eigenvalue weighted by Gasteiger charge is -2.32. The average molecular weight is 526 g/mol. The van der Waals surface area contributed by atoms with Crippen molar-refractivity contribution >= 4 is 40.1 Å². The first-order chi connectivity index (χ1) is 17.6. The lowest BCUT2D eigenvalue weighted by atomic mass is 9.82. The van der Waals surface area contributed by atoms with Crippen LogP contribution in [0.1, 0.15) is 32.3 Å². The van der Waals surface area contributed by atoms with Gasteiger partial charge in [0.05, 0.1) is 47.1 Å². The largest absolute Gasteiger partial charge is 0.490 e. The number of rotatable bonds is 7. The molecule has 3 aromatic rings. The molecule has 1 fully saturated rings. The van der Waals surface area contributed by atoms with E-state index in [1.807, 2.05) is 26.0 Å². The molecule has 1 aliphatic carbocycles. The number of anilines is 1. The van der Waals surface area contributed by atoms with Crippen molar-refractivity contribution in [2.75, 3.05) is 32.3 Å². The topological polar surface area (TPSA) is 95.3 Å². The number of halogens is 1. The summed E-state index contributed by atoms with van der Waals surface area (Å²) in [5, 5.41) is 0.708. The molecule has 1 aromatic heterocycles. The summed E-state index contributed by atoms with van der Waals surface area (Å²) in [4.78, 5) is 39.0. The van der Waals surface area contributed by atoms with Gasteiger partial charge in [-0.1, -0.05) is 17.7 Å². The molecule has 5 rings (SSSR count). The Labute approximate surface area is 219 Å². The number of para-hydroxylation sites is 1. The van der Waals surface area contributed by atoms with E-state index in [1.54, 1.807) is 30.1 Å². The number of likely N-dealkylation sites (N-methyl/N-ethyl adjacent to an activating group) is 1. The zero-order chi connectivity index (χ0) is 26.5. The van der Waals surface area contributed by atoms with Gasteiger partial charge < -0.3 is 23.5 Å². The maximum absolute atomic E-state index is 12.9. The van der Waals surface area contributed by atoms with E-state index in [1.165, 1.54) is 13.2 Å². The van der Waals surface area contributed by atoms with E-state index in [4.69, 9.17) is 30.2 Å². The molecule has 2 heterocycles. The van der Waals surface area contributed by atoms with E-state index < -0.39 is 5.41 Å². The van der Waals surface area contributed by atoms with Crippen LogP contribution < -0.4 is 15.1 Å². The monoisotopic (exact) mass is 525 g/mol. The van der Waals surface area contributed by atoms with Gasteiger partial charge in [-0.25, -0.2) is 0 Å². The Morgan fingerprint density at radius 1 is 1.16 bits per heavy atom. The second-order valence-corrected chi connectivity index (χ2v) is 10.4. The third-order valence-corrected chi connectivity index (χ3v) is 7.57. The van der Waals surface area contributed by atoms with Gasteiger partial charge in [0.2, 0.25) is 5.91 Å². The first-order valence-electron chi connectivity index (χ1n) is 12.1. The van der Waals surface area contributed by atoms with E-state index in [0.717, 1.165) is 11.3 Å². The van der Waals surface area contributed by atoms with Crippen molar-refractivity contribution in [3.8, 4) is 17.1 Å². The predicted octanol–water partition coefficient (Wildman–Crippen LogP) is 4.71. The van der Waals surface area contributed by atoms with Crippen LogP contribution in [0.2, 0.25) is 5.02 Å². The number of nitrogens with zero attached hydrogens (tertiary/aromatic N) is 1. The first-order valence-corrected chi connectivity index (χ1v) is 12.5. The number of hydrogen-bond acceptors (Lipinski definition) is 7. The van der Waals surface area contributed by atoms with E-state index in [9.17, 15) is 14.4 Å². The maximum atomic E-state index is 12.9. The number of amides is 1. The number of methoxy groups -OCH3 is 1. The van der Waals surface area contributed by atoms with Gasteiger partial charge >= 0.3 is 5.97 Å². The summed E-state index contributed by atoms with van der Waals surface area (Å²) in [6.45, 7) is 4.28. The molecule has 0 spiro atoms. The molecule has 0 N–H and O–H groups in total. The quantitative estimate of drug-likeness (QED) is 0.325. The number of benzene rings is 2. The fourth-order valence-corrected chi connectivity index (χ4v) is 5.22. The Kier molecular flexibility index (Phi) is 6.50. The Hall–Kier alpha value is -3.36. The molecule has 0 saturated heterocycles. The molecule has 8 nitrogen and oxygen atoms in total. The standard InChI is InChI=1S/C28H28ClNO7/c1-28(2)19-13-23(36-9-8-35-16-10-15(11-16)26(32)34-4)18(12-21(19)30(3)27(28)33)24-14-22(31)17-6-5-7-20(29)25(17)37-24/h5-7,12-16H,8-11H2,1-4H3. The Morgan fingerprint density at radius 2 is 1.92 bits per heavy atom. The molecule has 1 saturated carbocycles. The minimum absolute atomic E-state index is 0.0157. The molecular formula is C28H28ClNO7. The highest BCUT2D eigenvalue weighted by Gasteiger charge is 2.43. The lowest BCUT2D eigenvalue weighted by Crippen LogP contribution is -2.37. The fourth-order valence-electron chi connectivity index (χ4n) is 5.01. The molecule has 0 atom stereocenters. The number of fused-ring (bicyclic) bond motifs is 2. The Morgan fingerprint density at radius 3 is 2.65 bits per heavy atom. The van der Waals surface area contributed by atoms with E-state index in [-0.39, 0.29) is 47.3 Å². The predicted molar refractivity (Wildman–Crippen MR) is 139 cm³/mol. The zero-order valence-corrected chi connectivity index (χ0v) is 21.9. The fraction of sp³-hybridized carbons (Fsp3) is 0.393. The number of carbonyl (C=O) groups is 2. The van der Waals surface area contributed by atoms with Crippen LogP contribution in [0.15, 0.2) is 45.6 Å². The molecule has 1 amide bonds. The van der Waals surface area contributed by atoms with Gasteiger partial charge in [0.25, 0.3) is 0 Å². The summed E-state index contributed by atoms with van der Waals surface area (Å²) >= 11 is 6.33. The molecule has 2 aliphatic rings. The lowest BCUT2D eigenvalue weighted by molar-refractivity contribution is -0.155. The second-order valence-electron chi connectivity index (χ2n) is 9.98. The van der Waals surface area contributed by atoms with Gasteiger partial charge in [-0.05, 0) is 56.5 Å². The van der Waals surface area contributed by atoms with Gasteiger partial charge in [0.15, 0.2) is 11.0 Å². The maximum Gasteiger partial charge on any atom is 0.308 e. The molecule has 0 bridgehead atoms. The Balaban J connectivity index is 1.45. The van der Waals surface area contributed by atoms with Crippen molar-refractivity contribution in [1.29, 1.82) is 0 Å². The Bertz CT molecular complexity index is 1450. The van der Waals surface area contributed by atoms with Gasteiger partial charge in [-0.2, -0.15) is 0 Å². The van der Waals surface area contributed by atoms with Crippen molar-refractivity contribution in [1.82, 2.24) is 0 Å². The third kappa shape index (κ3) is 4.38. The number of ether oxygens (including phenoxy) is 3. The molecule has 9 heteroatoms. The molecule has 1 aliphatic heterocycles. The summed E-state index contributed by atoms with van der Waals surface area (Å²) in [5.74, 6) is 0.391. The average Bonchev–Trinajstić information content (AvgIpc) is 3.02. The van der Waals surface area contributed by atoms with Crippen LogP contribution in [0, 0.1) is 5.92 Å². The first kappa shape index (κ1) is 25.3. The summed E-state index contributed by atoms with van der Waals surface area (Å²) in [6, 6.07) is 10.1. The van der Waals surface area contributed by atoms with Gasteiger partial charge in [-0.3, -0.25) is 14.4 Å². The molecular weight excluding hydrogens is 498 g/mol. The van der Waals surface area contributed by atoms with Crippen LogP contribution >= 0.6 is 11.6 Å². The molecule has 0 unspecified atom stereocenters. The summed E-state index contributed by atoms with van der Waals surface area (Å²) in [7, 11) is 3.11. The summed E-state index contributed by atoms with van der Waals surface area (Å²) < 4.78 is 22.8. The van der Waals surface area contributed by atoms with Crippen LogP contribution in [-0.4, -0.2) is 45.4 Å². The van der Waals surface area contributed by atoms with E-state index in [0.29, 0.717) is 41.2 Å². The van der Waals surface area contributed by atoms with Gasteiger partial charge in [0.1, 0.15) is 18.1 Å². The summed E-state index contributed by atoms with van der Waals surface area (Å²) in [5.41, 5.74) is 1.39. The molecule has 2 aromatic carbocycles.